The second-order valence-corrected chi connectivity index (χ2v) is 4.04. The van der Waals surface area contributed by atoms with Crippen LogP contribution < -0.4 is 0 Å². The summed E-state index contributed by atoms with van der Waals surface area (Å²) in [4.78, 5) is 13.4. The number of likely N-dealkylation sites (N-methyl/N-ethyl adjacent to an activating group) is 1. The van der Waals surface area contributed by atoms with E-state index >= 15 is 0 Å². The Labute approximate surface area is 108 Å². The maximum Gasteiger partial charge on any atom is 0.225 e. The van der Waals surface area contributed by atoms with Gasteiger partial charge in [-0.3, -0.25) is 4.79 Å². The van der Waals surface area contributed by atoms with Crippen LogP contribution in [0.25, 0.3) is 0 Å². The number of rotatable bonds is 8. The Morgan fingerprint density at radius 3 is 2.29 bits per heavy atom. The van der Waals surface area contributed by atoms with Crippen molar-refractivity contribution >= 4 is 5.91 Å². The van der Waals surface area contributed by atoms with Gasteiger partial charge in [-0.05, 0) is 12.8 Å². The predicted octanol–water partition coefficient (Wildman–Crippen LogP) is 3.33. The molecule has 0 rings (SSSR count). The van der Waals surface area contributed by atoms with Crippen LogP contribution in [0.1, 0.15) is 53.9 Å². The molecule has 0 heterocycles. The van der Waals surface area contributed by atoms with Gasteiger partial charge in [-0.1, -0.05) is 41.0 Å². The summed E-state index contributed by atoms with van der Waals surface area (Å²) < 4.78 is 5.41. The molecule has 0 aliphatic carbocycles. The van der Waals surface area contributed by atoms with Crippen molar-refractivity contribution < 1.29 is 9.53 Å². The van der Waals surface area contributed by atoms with Gasteiger partial charge >= 0.3 is 0 Å². The van der Waals surface area contributed by atoms with E-state index in [-0.39, 0.29) is 11.8 Å². The lowest BCUT2D eigenvalue weighted by Crippen LogP contribution is -2.34. The molecule has 0 radical (unpaired) electrons. The summed E-state index contributed by atoms with van der Waals surface area (Å²) in [7, 11) is 1.84. The first kappa shape index (κ1) is 18.8. The first-order chi connectivity index (χ1) is 8.13. The van der Waals surface area contributed by atoms with Gasteiger partial charge in [-0.25, -0.2) is 0 Å². The molecule has 0 saturated heterocycles. The molecule has 0 fully saturated rings. The number of amides is 1. The third kappa shape index (κ3) is 10.3. The fraction of sp³-hybridized carbons (Fsp3) is 0.929. The van der Waals surface area contributed by atoms with Crippen LogP contribution in [-0.4, -0.2) is 37.6 Å². The van der Waals surface area contributed by atoms with E-state index in [1.54, 1.807) is 4.90 Å². The van der Waals surface area contributed by atoms with E-state index in [9.17, 15) is 4.79 Å². The van der Waals surface area contributed by atoms with E-state index < -0.39 is 0 Å². The first-order valence-electron chi connectivity index (χ1n) is 6.96. The van der Waals surface area contributed by atoms with Crippen LogP contribution in [0, 0.1) is 5.92 Å². The standard InChI is InChI=1S/C12H25NO2.C2H6/c1-5-7-9-15-10-8-13(4)12(14)11(3)6-2;1-2/h11H,5-10H2,1-4H3;1-2H3. The Morgan fingerprint density at radius 1 is 1.24 bits per heavy atom. The number of nitrogens with zero attached hydrogens (tertiary/aromatic N) is 1. The molecule has 0 N–H and O–H groups in total. The van der Waals surface area contributed by atoms with Crippen molar-refractivity contribution in [3.05, 3.63) is 0 Å². The van der Waals surface area contributed by atoms with Crippen LogP contribution in [0.4, 0.5) is 0 Å². The number of hydrogen-bond donors (Lipinski definition) is 0. The lowest BCUT2D eigenvalue weighted by molar-refractivity contribution is -0.134. The zero-order valence-corrected chi connectivity index (χ0v) is 12.6. The average Bonchev–Trinajstić information content (AvgIpc) is 2.38. The second kappa shape index (κ2) is 13.5. The number of carbonyl (C=O) groups excluding carboxylic acids is 1. The van der Waals surface area contributed by atoms with E-state index in [2.05, 4.69) is 6.92 Å². The van der Waals surface area contributed by atoms with E-state index in [1.807, 2.05) is 34.7 Å². The summed E-state index contributed by atoms with van der Waals surface area (Å²) in [5, 5.41) is 0. The highest BCUT2D eigenvalue weighted by Crippen LogP contribution is 2.04. The van der Waals surface area contributed by atoms with Gasteiger partial charge in [0, 0.05) is 26.1 Å². The Kier molecular flexibility index (Phi) is 14.9. The largest absolute Gasteiger partial charge is 0.380 e. The minimum atomic E-state index is 0.130. The molecule has 3 nitrogen and oxygen atoms in total. The Bertz CT molecular complexity index is 172. The minimum Gasteiger partial charge on any atom is -0.380 e. The molecular weight excluding hydrogens is 214 g/mol. The van der Waals surface area contributed by atoms with Gasteiger partial charge in [0.2, 0.25) is 5.91 Å². The predicted molar refractivity (Wildman–Crippen MR) is 74.2 cm³/mol. The topological polar surface area (TPSA) is 29.5 Å². The van der Waals surface area contributed by atoms with Crippen molar-refractivity contribution in [3.63, 3.8) is 0 Å². The maximum atomic E-state index is 11.7. The number of hydrogen-bond acceptors (Lipinski definition) is 2. The Hall–Kier alpha value is -0.570. The van der Waals surface area contributed by atoms with Crippen molar-refractivity contribution in [1.82, 2.24) is 4.90 Å². The normalized spacial score (nSPS) is 11.4. The molecule has 0 aliphatic heterocycles. The molecule has 0 spiro atoms. The molecule has 0 aromatic heterocycles. The Balaban J connectivity index is 0. The fourth-order valence-electron chi connectivity index (χ4n) is 1.21. The zero-order chi connectivity index (χ0) is 13.7. The third-order valence-corrected chi connectivity index (χ3v) is 2.62. The monoisotopic (exact) mass is 245 g/mol. The third-order valence-electron chi connectivity index (χ3n) is 2.62. The molecular formula is C14H31NO2. The number of ether oxygens (including phenoxy) is 1. The molecule has 1 unspecified atom stereocenters. The second-order valence-electron chi connectivity index (χ2n) is 4.04. The molecule has 0 aromatic rings. The summed E-state index contributed by atoms with van der Waals surface area (Å²) in [5.41, 5.74) is 0. The molecule has 0 aromatic carbocycles. The quantitative estimate of drug-likeness (QED) is 0.614. The number of carbonyl (C=O) groups is 1. The van der Waals surface area contributed by atoms with Gasteiger partial charge in [0.25, 0.3) is 0 Å². The van der Waals surface area contributed by atoms with Crippen LogP contribution in [0.2, 0.25) is 0 Å². The fourth-order valence-corrected chi connectivity index (χ4v) is 1.21. The van der Waals surface area contributed by atoms with Crippen LogP contribution in [0.5, 0.6) is 0 Å². The molecule has 0 saturated carbocycles. The van der Waals surface area contributed by atoms with Crippen molar-refractivity contribution in [3.8, 4) is 0 Å². The van der Waals surface area contributed by atoms with Gasteiger partial charge in [-0.15, -0.1) is 0 Å². The lowest BCUT2D eigenvalue weighted by Gasteiger charge is -2.20. The van der Waals surface area contributed by atoms with Crippen molar-refractivity contribution in [1.29, 1.82) is 0 Å². The van der Waals surface area contributed by atoms with E-state index in [4.69, 9.17) is 4.74 Å². The molecule has 3 heteroatoms. The highest BCUT2D eigenvalue weighted by molar-refractivity contribution is 5.78. The summed E-state index contributed by atoms with van der Waals surface area (Å²) in [6.07, 6.45) is 3.16. The van der Waals surface area contributed by atoms with Crippen LogP contribution in [0.15, 0.2) is 0 Å². The van der Waals surface area contributed by atoms with Crippen LogP contribution in [0.3, 0.4) is 0 Å². The molecule has 104 valence electrons. The van der Waals surface area contributed by atoms with Gasteiger partial charge in [0.15, 0.2) is 0 Å². The molecule has 1 amide bonds. The summed E-state index contributed by atoms with van der Waals surface area (Å²) in [6, 6.07) is 0. The van der Waals surface area contributed by atoms with Gasteiger partial charge < -0.3 is 9.64 Å². The van der Waals surface area contributed by atoms with E-state index in [0.717, 1.165) is 25.9 Å². The molecule has 0 aliphatic rings. The summed E-state index contributed by atoms with van der Waals surface area (Å²) in [5.74, 6) is 0.349. The molecule has 0 bridgehead atoms. The summed E-state index contributed by atoms with van der Waals surface area (Å²) >= 11 is 0. The van der Waals surface area contributed by atoms with Gasteiger partial charge in [-0.2, -0.15) is 0 Å². The molecule has 17 heavy (non-hydrogen) atoms. The first-order valence-corrected chi connectivity index (χ1v) is 6.96. The van der Waals surface area contributed by atoms with Crippen molar-refractivity contribution in [2.45, 2.75) is 53.9 Å². The molecule has 1 atom stereocenters. The maximum absolute atomic E-state index is 11.7. The van der Waals surface area contributed by atoms with Gasteiger partial charge in [0.1, 0.15) is 0 Å². The highest BCUT2D eigenvalue weighted by atomic mass is 16.5. The van der Waals surface area contributed by atoms with E-state index in [0.29, 0.717) is 13.2 Å². The van der Waals surface area contributed by atoms with Crippen LogP contribution >= 0.6 is 0 Å². The zero-order valence-electron chi connectivity index (χ0n) is 12.6. The lowest BCUT2D eigenvalue weighted by atomic mass is 10.1. The summed E-state index contributed by atoms with van der Waals surface area (Å²) in [6.45, 7) is 12.3. The van der Waals surface area contributed by atoms with Crippen LogP contribution in [-0.2, 0) is 9.53 Å². The van der Waals surface area contributed by atoms with Gasteiger partial charge in [0.05, 0.1) is 6.61 Å². The minimum absolute atomic E-state index is 0.130. The van der Waals surface area contributed by atoms with Crippen molar-refractivity contribution in [2.24, 2.45) is 5.92 Å². The smallest absolute Gasteiger partial charge is 0.225 e. The van der Waals surface area contributed by atoms with Crippen molar-refractivity contribution in [2.75, 3.05) is 26.8 Å². The number of unbranched alkanes of at least 4 members (excludes halogenated alkanes) is 1. The highest BCUT2D eigenvalue weighted by Gasteiger charge is 2.14. The SMILES string of the molecule is CC.CCCCOCCN(C)C(=O)C(C)CC. The average molecular weight is 245 g/mol. The Morgan fingerprint density at radius 2 is 1.82 bits per heavy atom. The van der Waals surface area contributed by atoms with E-state index in [1.165, 1.54) is 0 Å².